The van der Waals surface area contributed by atoms with Crippen LogP contribution in [0.4, 0.5) is 4.39 Å². The van der Waals surface area contributed by atoms with Gasteiger partial charge in [0, 0.05) is 67.4 Å². The van der Waals surface area contributed by atoms with Gasteiger partial charge >= 0.3 is 5.97 Å². The van der Waals surface area contributed by atoms with Gasteiger partial charge in [0.05, 0.1) is 36.1 Å². The highest BCUT2D eigenvalue weighted by Crippen LogP contribution is 2.45. The summed E-state index contributed by atoms with van der Waals surface area (Å²) in [6, 6.07) is 14.1. The number of morpholine rings is 1. The lowest BCUT2D eigenvalue weighted by atomic mass is 9.94. The van der Waals surface area contributed by atoms with Gasteiger partial charge in [-0.25, -0.2) is 9.18 Å². The number of ether oxygens (including phenoxy) is 3. The summed E-state index contributed by atoms with van der Waals surface area (Å²) in [6.45, 7) is 14.1. The Morgan fingerprint density at radius 1 is 1.02 bits per heavy atom. The first kappa shape index (κ1) is 40.7. The van der Waals surface area contributed by atoms with Crippen LogP contribution < -0.4 is 10.1 Å². The average Bonchev–Trinajstić information content (AvgIpc) is 3.67. The third-order valence-corrected chi connectivity index (χ3v) is 10.9. The molecule has 2 aliphatic heterocycles. The van der Waals surface area contributed by atoms with Crippen molar-refractivity contribution in [2.24, 2.45) is 7.05 Å². The first-order valence-corrected chi connectivity index (χ1v) is 20.2. The lowest BCUT2D eigenvalue weighted by Gasteiger charge is -2.28. The van der Waals surface area contributed by atoms with Crippen molar-refractivity contribution < 1.29 is 28.5 Å². The minimum Gasteiger partial charge on any atom is -0.493 e. The van der Waals surface area contributed by atoms with Gasteiger partial charge in [0.1, 0.15) is 23.4 Å². The zero-order chi connectivity index (χ0) is 38.9. The molecule has 1 saturated heterocycles. The highest BCUT2D eigenvalue weighted by molar-refractivity contribution is 6.35. The zero-order valence-electron chi connectivity index (χ0n) is 32.6. The van der Waals surface area contributed by atoms with Gasteiger partial charge in [-0.15, -0.1) is 0 Å². The Morgan fingerprint density at radius 3 is 2.53 bits per heavy atom. The van der Waals surface area contributed by atoms with Crippen LogP contribution in [0.3, 0.4) is 0 Å². The van der Waals surface area contributed by atoms with Crippen LogP contribution in [0.25, 0.3) is 32.8 Å². The number of halogens is 2. The monoisotopic (exact) mass is 775 g/mol. The first-order chi connectivity index (χ1) is 26.8. The van der Waals surface area contributed by atoms with E-state index in [9.17, 15) is 14.3 Å². The minimum atomic E-state index is -0.966. The fraction of sp³-hybridized carbons (Fsp3) is 0.488. The van der Waals surface area contributed by atoms with E-state index in [1.807, 2.05) is 46.6 Å². The Hall–Kier alpha value is -4.00. The number of nitrogens with one attached hydrogen (secondary N) is 1. The molecule has 0 unspecified atom stereocenters. The highest BCUT2D eigenvalue weighted by atomic mass is 35.5. The number of carboxylic acids is 1. The number of aromatic carboxylic acids is 1. The van der Waals surface area contributed by atoms with E-state index in [1.54, 1.807) is 6.07 Å². The lowest BCUT2D eigenvalue weighted by molar-refractivity contribution is 0.00974. The van der Waals surface area contributed by atoms with E-state index in [0.29, 0.717) is 43.4 Å². The predicted molar refractivity (Wildman–Crippen MR) is 217 cm³/mol. The molecule has 2 N–H and O–H groups in total. The molecule has 1 fully saturated rings. The highest BCUT2D eigenvalue weighted by Gasteiger charge is 2.32. The molecule has 0 aliphatic carbocycles. The van der Waals surface area contributed by atoms with Crippen LogP contribution >= 0.6 is 11.6 Å². The molecule has 4 heterocycles. The molecule has 7 rings (SSSR count). The normalized spacial score (nSPS) is 16.4. The van der Waals surface area contributed by atoms with Crippen molar-refractivity contribution in [1.29, 1.82) is 0 Å². The van der Waals surface area contributed by atoms with Gasteiger partial charge in [0.25, 0.3) is 0 Å². The summed E-state index contributed by atoms with van der Waals surface area (Å²) in [7, 11) is 1.96. The lowest BCUT2D eigenvalue weighted by Crippen LogP contribution is -2.37. The Bertz CT molecular complexity index is 2070. The fourth-order valence-corrected chi connectivity index (χ4v) is 8.24. The van der Waals surface area contributed by atoms with E-state index in [-0.39, 0.29) is 17.6 Å². The van der Waals surface area contributed by atoms with Crippen LogP contribution in [0, 0.1) is 5.82 Å². The molecule has 0 saturated carbocycles. The van der Waals surface area contributed by atoms with E-state index >= 15 is 0 Å². The van der Waals surface area contributed by atoms with Crippen LogP contribution in [0.5, 0.6) is 5.75 Å². The van der Waals surface area contributed by atoms with Crippen molar-refractivity contribution >= 4 is 39.2 Å². The summed E-state index contributed by atoms with van der Waals surface area (Å²) in [5.41, 5.74) is 5.54. The Morgan fingerprint density at radius 2 is 1.80 bits per heavy atom. The van der Waals surface area contributed by atoms with E-state index in [4.69, 9.17) is 30.9 Å². The summed E-state index contributed by atoms with van der Waals surface area (Å²) in [4.78, 5) is 15.5. The Labute approximate surface area is 328 Å². The molecule has 2 aliphatic rings. The van der Waals surface area contributed by atoms with Crippen molar-refractivity contribution in [1.82, 2.24) is 24.6 Å². The largest absolute Gasteiger partial charge is 0.493 e. The van der Waals surface area contributed by atoms with Gasteiger partial charge in [0.2, 0.25) is 0 Å². The number of carbonyl (C=O) groups is 1. The van der Waals surface area contributed by atoms with Gasteiger partial charge in [0.15, 0.2) is 0 Å². The van der Waals surface area contributed by atoms with Crippen LogP contribution in [0.1, 0.15) is 80.0 Å². The van der Waals surface area contributed by atoms with Gasteiger partial charge < -0.3 is 29.2 Å². The van der Waals surface area contributed by atoms with Crippen LogP contribution in [-0.4, -0.2) is 89.5 Å². The molecule has 5 aromatic rings. The third kappa shape index (κ3) is 9.18. The molecule has 1 atom stereocenters. The molecule has 55 heavy (non-hydrogen) atoms. The smallest absolute Gasteiger partial charge is 0.352 e. The SMILES string of the molecule is CCNCC.CCc1c2c(nn1C)[C@@H](CCN1CCOCC1)OCCCCn1c(C(=O)O)c(CCCOc3cccc4cc(F)ccc34)c3ccc(Cl)c-2c31. The molecule has 10 nitrogen and oxygen atoms in total. The second-order valence-corrected chi connectivity index (χ2v) is 14.5. The summed E-state index contributed by atoms with van der Waals surface area (Å²) in [5, 5.41) is 22.0. The summed E-state index contributed by atoms with van der Waals surface area (Å²) >= 11 is 7.17. The number of aryl methyl sites for hydroxylation is 3. The van der Waals surface area contributed by atoms with E-state index < -0.39 is 5.97 Å². The van der Waals surface area contributed by atoms with Crippen molar-refractivity contribution in [3.63, 3.8) is 0 Å². The van der Waals surface area contributed by atoms with Crippen molar-refractivity contribution in [2.45, 2.75) is 71.9 Å². The molecule has 0 bridgehead atoms. The molecule has 2 aromatic heterocycles. The fourth-order valence-electron chi connectivity index (χ4n) is 7.99. The van der Waals surface area contributed by atoms with E-state index in [2.05, 4.69) is 31.0 Å². The summed E-state index contributed by atoms with van der Waals surface area (Å²) in [5.74, 6) is -0.585. The maximum atomic E-state index is 13.8. The number of rotatable bonds is 12. The standard InChI is InChI=1S/C39H44ClFN4O5.C4H11N/c1-3-31-35-34-30(40)14-13-29-28(9-7-21-49-32-10-6-8-25-24-26(41)11-12-27(25)32)38(39(46)47)45(37(29)34)16-4-5-20-50-33(36(35)42-43(31)2)15-17-44-18-22-48-23-19-44;1-3-5-4-2/h6,8,10-14,24,33H,3-5,7,9,15-23H2,1-2H3,(H,46,47);5H,3-4H2,1-2H3/t33-;/m1./s1. The van der Waals surface area contributed by atoms with Crippen molar-refractivity contribution in [2.75, 3.05) is 59.2 Å². The maximum Gasteiger partial charge on any atom is 0.352 e. The van der Waals surface area contributed by atoms with E-state index in [0.717, 1.165) is 121 Å². The van der Waals surface area contributed by atoms with E-state index in [1.165, 1.54) is 12.1 Å². The maximum absolute atomic E-state index is 13.8. The second kappa shape index (κ2) is 19.2. The molecule has 0 spiro atoms. The van der Waals surface area contributed by atoms with Crippen LogP contribution in [0.15, 0.2) is 48.5 Å². The van der Waals surface area contributed by atoms with Crippen molar-refractivity contribution in [3.8, 4) is 16.9 Å². The number of aromatic nitrogens is 3. The minimum absolute atomic E-state index is 0.242. The molecule has 3 aromatic carbocycles. The quantitative estimate of drug-likeness (QED) is 0.122. The number of carboxylic acid groups (broad SMARTS) is 1. The summed E-state index contributed by atoms with van der Waals surface area (Å²) in [6.07, 6.45) is 3.88. The molecule has 0 amide bonds. The topological polar surface area (TPSA) is 103 Å². The summed E-state index contributed by atoms with van der Waals surface area (Å²) < 4.78 is 36.1. The molecule has 0 radical (unpaired) electrons. The van der Waals surface area contributed by atoms with Gasteiger partial charge in [-0.1, -0.05) is 50.6 Å². The predicted octanol–water partition coefficient (Wildman–Crippen LogP) is 8.45. The molecule has 12 heteroatoms. The van der Waals surface area contributed by atoms with Gasteiger partial charge in [-0.2, -0.15) is 5.10 Å². The molecule has 296 valence electrons. The van der Waals surface area contributed by atoms with Crippen LogP contribution in [0.2, 0.25) is 5.02 Å². The first-order valence-electron chi connectivity index (χ1n) is 19.8. The van der Waals surface area contributed by atoms with Gasteiger partial charge in [-0.05, 0) is 92.9 Å². The number of fused-ring (bicyclic) bond motifs is 3. The average molecular weight is 776 g/mol. The second-order valence-electron chi connectivity index (χ2n) is 14.1. The van der Waals surface area contributed by atoms with Crippen LogP contribution in [-0.2, 0) is 35.9 Å². The third-order valence-electron chi connectivity index (χ3n) is 10.6. The number of nitrogens with zero attached hydrogens (tertiary/aromatic N) is 4. The number of hydrogen-bond donors (Lipinski definition) is 2. The number of benzene rings is 3. The molecular weight excluding hydrogens is 721 g/mol. The number of hydrogen-bond acceptors (Lipinski definition) is 7. The zero-order valence-corrected chi connectivity index (χ0v) is 33.4. The van der Waals surface area contributed by atoms with Crippen molar-refractivity contribution in [3.05, 3.63) is 82.0 Å². The molecular formula is C43H55ClFN5O5. The van der Waals surface area contributed by atoms with Gasteiger partial charge in [-0.3, -0.25) is 9.58 Å². The Balaban J connectivity index is 0.000000967. The Kier molecular flexibility index (Phi) is 14.2.